The fourth-order valence-electron chi connectivity index (χ4n) is 1.41. The number of nitrogen functional groups attached to an aromatic ring is 1. The van der Waals surface area contributed by atoms with E-state index in [2.05, 4.69) is 5.10 Å². The molecule has 6 heteroatoms. The Morgan fingerprint density at radius 1 is 1.50 bits per heavy atom. The van der Waals surface area contributed by atoms with Crippen molar-refractivity contribution in [1.82, 2.24) is 9.78 Å². The molecule has 0 aliphatic heterocycles. The van der Waals surface area contributed by atoms with Gasteiger partial charge in [-0.25, -0.2) is 0 Å². The molecule has 1 aromatic carbocycles. The molecule has 2 rings (SSSR count). The Morgan fingerprint density at radius 2 is 2.31 bits per heavy atom. The third-order valence-electron chi connectivity index (χ3n) is 2.23. The van der Waals surface area contributed by atoms with Crippen LogP contribution in [0.25, 0.3) is 0 Å². The zero-order chi connectivity index (χ0) is 11.5. The molecular formula is C10H10N4O2. The molecule has 0 unspecified atom stereocenters. The zero-order valence-corrected chi connectivity index (χ0v) is 8.41. The Balaban J connectivity index is 2.32. The van der Waals surface area contributed by atoms with Crippen LogP contribution in [0.15, 0.2) is 36.7 Å². The van der Waals surface area contributed by atoms with Gasteiger partial charge in [0.05, 0.1) is 11.5 Å². The molecule has 0 aliphatic carbocycles. The second-order valence-electron chi connectivity index (χ2n) is 3.34. The summed E-state index contributed by atoms with van der Waals surface area (Å²) in [5.74, 6) is 0. The number of rotatable bonds is 3. The topological polar surface area (TPSA) is 87.0 Å². The van der Waals surface area contributed by atoms with Crippen LogP contribution in [-0.4, -0.2) is 14.7 Å². The number of hydrogen-bond donors (Lipinski definition) is 1. The number of nitrogens with two attached hydrogens (primary N) is 1. The summed E-state index contributed by atoms with van der Waals surface area (Å²) in [5.41, 5.74) is 7.00. The minimum atomic E-state index is -0.438. The number of nitrogens with zero attached hydrogens (tertiary/aromatic N) is 3. The van der Waals surface area contributed by atoms with E-state index in [4.69, 9.17) is 5.73 Å². The summed E-state index contributed by atoms with van der Waals surface area (Å²) in [6.07, 6.45) is 3.42. The maximum Gasteiger partial charge on any atom is 0.269 e. The van der Waals surface area contributed by atoms with E-state index < -0.39 is 4.92 Å². The lowest BCUT2D eigenvalue weighted by atomic mass is 10.1. The maximum absolute atomic E-state index is 10.6. The van der Waals surface area contributed by atoms with Gasteiger partial charge in [0.25, 0.3) is 5.69 Å². The first-order valence-electron chi connectivity index (χ1n) is 4.67. The molecule has 16 heavy (non-hydrogen) atoms. The van der Waals surface area contributed by atoms with Gasteiger partial charge in [-0.1, -0.05) is 0 Å². The molecule has 0 radical (unpaired) electrons. The highest BCUT2D eigenvalue weighted by atomic mass is 16.6. The number of non-ortho nitro benzene ring substituents is 1. The van der Waals surface area contributed by atoms with E-state index in [0.717, 1.165) is 0 Å². The Bertz CT molecular complexity index is 508. The second-order valence-corrected chi connectivity index (χ2v) is 3.34. The summed E-state index contributed by atoms with van der Waals surface area (Å²) in [5, 5.41) is 14.6. The van der Waals surface area contributed by atoms with Crippen LogP contribution in [0.1, 0.15) is 5.56 Å². The molecule has 0 fully saturated rings. The Morgan fingerprint density at radius 3 is 2.94 bits per heavy atom. The van der Waals surface area contributed by atoms with Crippen molar-refractivity contribution >= 4 is 11.4 Å². The summed E-state index contributed by atoms with van der Waals surface area (Å²) >= 11 is 0. The van der Waals surface area contributed by atoms with Gasteiger partial charge in [-0.3, -0.25) is 14.8 Å². The minimum Gasteiger partial charge on any atom is -0.398 e. The third kappa shape index (κ3) is 2.00. The lowest BCUT2D eigenvalue weighted by molar-refractivity contribution is -0.384. The highest BCUT2D eigenvalue weighted by molar-refractivity contribution is 5.52. The van der Waals surface area contributed by atoms with E-state index in [0.29, 0.717) is 17.8 Å². The van der Waals surface area contributed by atoms with Gasteiger partial charge >= 0.3 is 0 Å². The summed E-state index contributed by atoms with van der Waals surface area (Å²) in [6.45, 7) is 0.431. The van der Waals surface area contributed by atoms with Crippen LogP contribution in [0.3, 0.4) is 0 Å². The molecule has 0 saturated heterocycles. The van der Waals surface area contributed by atoms with Gasteiger partial charge < -0.3 is 5.73 Å². The highest BCUT2D eigenvalue weighted by Crippen LogP contribution is 2.20. The monoisotopic (exact) mass is 218 g/mol. The van der Waals surface area contributed by atoms with E-state index in [9.17, 15) is 10.1 Å². The smallest absolute Gasteiger partial charge is 0.269 e. The third-order valence-corrected chi connectivity index (χ3v) is 2.23. The van der Waals surface area contributed by atoms with Crippen molar-refractivity contribution < 1.29 is 4.92 Å². The molecule has 2 N–H and O–H groups in total. The molecule has 6 nitrogen and oxygen atoms in total. The van der Waals surface area contributed by atoms with Crippen LogP contribution in [0.2, 0.25) is 0 Å². The molecule has 0 spiro atoms. The van der Waals surface area contributed by atoms with Crippen molar-refractivity contribution in [2.24, 2.45) is 0 Å². The van der Waals surface area contributed by atoms with E-state index in [1.54, 1.807) is 23.1 Å². The molecule has 82 valence electrons. The number of benzene rings is 1. The normalized spacial score (nSPS) is 10.2. The molecule has 0 bridgehead atoms. The van der Waals surface area contributed by atoms with Gasteiger partial charge in [-0.05, 0) is 12.1 Å². The molecule has 0 aliphatic rings. The van der Waals surface area contributed by atoms with Gasteiger partial charge in [0, 0.05) is 35.8 Å². The van der Waals surface area contributed by atoms with Crippen LogP contribution < -0.4 is 5.73 Å². The van der Waals surface area contributed by atoms with E-state index >= 15 is 0 Å². The first kappa shape index (κ1) is 10.2. The maximum atomic E-state index is 10.6. The molecule has 1 heterocycles. The Labute approximate surface area is 91.5 Å². The number of aromatic nitrogens is 2. The zero-order valence-electron chi connectivity index (χ0n) is 8.41. The number of nitro groups is 1. The van der Waals surface area contributed by atoms with Crippen LogP contribution in [0.5, 0.6) is 0 Å². The summed E-state index contributed by atoms with van der Waals surface area (Å²) in [4.78, 5) is 10.2. The molecule has 1 aromatic heterocycles. The summed E-state index contributed by atoms with van der Waals surface area (Å²) < 4.78 is 1.66. The average molecular weight is 218 g/mol. The van der Waals surface area contributed by atoms with Crippen LogP contribution >= 0.6 is 0 Å². The number of hydrogen-bond acceptors (Lipinski definition) is 4. The lowest BCUT2D eigenvalue weighted by Crippen LogP contribution is -2.04. The Hall–Kier alpha value is -2.37. The fourth-order valence-corrected chi connectivity index (χ4v) is 1.41. The van der Waals surface area contributed by atoms with Gasteiger partial charge in [0.15, 0.2) is 0 Å². The molecular weight excluding hydrogens is 208 g/mol. The van der Waals surface area contributed by atoms with Gasteiger partial charge in [-0.2, -0.15) is 5.10 Å². The Kier molecular flexibility index (Phi) is 2.55. The van der Waals surface area contributed by atoms with Crippen LogP contribution in [-0.2, 0) is 6.54 Å². The van der Waals surface area contributed by atoms with Crippen molar-refractivity contribution in [2.75, 3.05) is 5.73 Å². The summed E-state index contributed by atoms with van der Waals surface area (Å²) in [7, 11) is 0. The van der Waals surface area contributed by atoms with Gasteiger partial charge in [0.2, 0.25) is 0 Å². The van der Waals surface area contributed by atoms with Crippen molar-refractivity contribution in [2.45, 2.75) is 6.54 Å². The number of anilines is 1. The van der Waals surface area contributed by atoms with Gasteiger partial charge in [0.1, 0.15) is 0 Å². The van der Waals surface area contributed by atoms with Crippen LogP contribution in [0, 0.1) is 10.1 Å². The SMILES string of the molecule is Nc1ccc([N+](=O)[O-])cc1Cn1cccn1. The quantitative estimate of drug-likeness (QED) is 0.479. The van der Waals surface area contributed by atoms with E-state index in [1.165, 1.54) is 18.2 Å². The number of nitro benzene ring substituents is 1. The van der Waals surface area contributed by atoms with Crippen molar-refractivity contribution in [3.05, 3.63) is 52.3 Å². The average Bonchev–Trinajstić information content (AvgIpc) is 2.73. The first-order valence-corrected chi connectivity index (χ1v) is 4.67. The van der Waals surface area contributed by atoms with Crippen LogP contribution in [0.4, 0.5) is 11.4 Å². The predicted octanol–water partition coefficient (Wildman–Crippen LogP) is 1.42. The molecule has 0 amide bonds. The van der Waals surface area contributed by atoms with Crippen molar-refractivity contribution in [3.8, 4) is 0 Å². The first-order chi connectivity index (χ1) is 7.66. The van der Waals surface area contributed by atoms with E-state index in [1.807, 2.05) is 0 Å². The standard InChI is InChI=1S/C10H10N4O2/c11-10-3-2-9(14(15)16)6-8(10)7-13-5-1-4-12-13/h1-6H,7,11H2. The van der Waals surface area contributed by atoms with Gasteiger partial charge in [-0.15, -0.1) is 0 Å². The highest BCUT2D eigenvalue weighted by Gasteiger charge is 2.09. The predicted molar refractivity (Wildman–Crippen MR) is 58.8 cm³/mol. The fraction of sp³-hybridized carbons (Fsp3) is 0.100. The summed E-state index contributed by atoms with van der Waals surface area (Å²) in [6, 6.07) is 6.18. The molecule has 0 atom stereocenters. The van der Waals surface area contributed by atoms with Crippen molar-refractivity contribution in [1.29, 1.82) is 0 Å². The van der Waals surface area contributed by atoms with E-state index in [-0.39, 0.29) is 5.69 Å². The lowest BCUT2D eigenvalue weighted by Gasteiger charge is -2.05. The second kappa shape index (κ2) is 4.01. The van der Waals surface area contributed by atoms with Crippen molar-refractivity contribution in [3.63, 3.8) is 0 Å². The minimum absolute atomic E-state index is 0.0383. The largest absolute Gasteiger partial charge is 0.398 e. The molecule has 0 saturated carbocycles. The molecule has 2 aromatic rings.